The van der Waals surface area contributed by atoms with E-state index < -0.39 is 30.2 Å². The van der Waals surface area contributed by atoms with Gasteiger partial charge in [0, 0.05) is 17.9 Å². The first-order valence-electron chi connectivity index (χ1n) is 12.0. The quantitative estimate of drug-likeness (QED) is 0.235. The summed E-state index contributed by atoms with van der Waals surface area (Å²) < 4.78 is 92.8. The highest BCUT2D eigenvalue weighted by Gasteiger charge is 2.65. The number of aromatic nitrogens is 2. The lowest BCUT2D eigenvalue weighted by molar-refractivity contribution is 0.364. The van der Waals surface area contributed by atoms with Crippen molar-refractivity contribution in [3.05, 3.63) is 78.8 Å². The van der Waals surface area contributed by atoms with E-state index in [1.807, 2.05) is 6.07 Å². The van der Waals surface area contributed by atoms with E-state index >= 15 is 0 Å². The molecule has 0 unspecified atom stereocenters. The summed E-state index contributed by atoms with van der Waals surface area (Å²) in [6.45, 7) is 0. The number of imidazole rings is 1. The number of nitrogens with zero attached hydrogens (tertiary/aromatic N) is 3. The Bertz CT molecular complexity index is 1690. The molecule has 0 aliphatic heterocycles. The fraction of sp³-hybridized carbons (Fsp3) is 0.231. The van der Waals surface area contributed by atoms with Gasteiger partial charge in [0.2, 0.25) is 0 Å². The molecule has 5 rings (SSSR count). The van der Waals surface area contributed by atoms with Crippen LogP contribution < -0.4 is 5.32 Å². The molecule has 6 nitrogen and oxygen atoms in total. The molecule has 1 N–H and O–H groups in total. The molecule has 2 aromatic carbocycles. The molecule has 2 aromatic heterocycles. The van der Waals surface area contributed by atoms with Crippen molar-refractivity contribution in [2.24, 2.45) is 0 Å². The van der Waals surface area contributed by atoms with Crippen LogP contribution in [0.15, 0.2) is 82.8 Å². The van der Waals surface area contributed by atoms with Gasteiger partial charge in [0.05, 0.1) is 16.3 Å². The second-order valence-electron chi connectivity index (χ2n) is 9.58. The first kappa shape index (κ1) is 27.0. The molecule has 39 heavy (non-hydrogen) atoms. The monoisotopic (exact) mass is 582 g/mol. The maximum absolute atomic E-state index is 13.3. The van der Waals surface area contributed by atoms with Crippen molar-refractivity contribution in [3.63, 3.8) is 0 Å². The first-order chi connectivity index (χ1) is 18.1. The Morgan fingerprint density at radius 2 is 1.49 bits per heavy atom. The van der Waals surface area contributed by atoms with E-state index in [2.05, 4.69) is 16.4 Å². The maximum Gasteiger partial charge on any atom is 0.310 e. The second kappa shape index (κ2) is 8.69. The summed E-state index contributed by atoms with van der Waals surface area (Å²) in [4.78, 5) is 2.40. The van der Waals surface area contributed by atoms with Crippen LogP contribution in [0.4, 0.5) is 25.1 Å². The average molecular weight is 583 g/mol. The number of hydrogen-bond donors (Lipinski definition) is 1. The third-order valence-electron chi connectivity index (χ3n) is 6.92. The number of hydrogen-bond acceptors (Lipinski definition) is 5. The van der Waals surface area contributed by atoms with Crippen LogP contribution in [0.5, 0.6) is 0 Å². The smallest absolute Gasteiger partial charge is 0.310 e. The lowest BCUT2D eigenvalue weighted by Gasteiger charge is -2.40. The molecule has 0 amide bonds. The van der Waals surface area contributed by atoms with Gasteiger partial charge < -0.3 is 5.32 Å². The molecule has 0 saturated heterocycles. The molecule has 1 aliphatic carbocycles. The summed E-state index contributed by atoms with van der Waals surface area (Å²) in [5.41, 5.74) is 2.84. The number of nitrogens with one attached hydrogen (secondary N) is 1. The predicted molar refractivity (Wildman–Crippen MR) is 140 cm³/mol. The zero-order valence-corrected chi connectivity index (χ0v) is 21.9. The molecule has 0 spiro atoms. The Kier molecular flexibility index (Phi) is 6.01. The molecular weight excluding hydrogens is 559 g/mol. The largest absolute Gasteiger partial charge is 0.382 e. The highest BCUT2D eigenvalue weighted by Crippen LogP contribution is 3.02. The van der Waals surface area contributed by atoms with Gasteiger partial charge in [0.1, 0.15) is 22.3 Å². The van der Waals surface area contributed by atoms with Gasteiger partial charge in [-0.05, 0) is 85.3 Å². The van der Waals surface area contributed by atoms with Gasteiger partial charge in [-0.1, -0.05) is 31.6 Å². The lowest BCUT2D eigenvalue weighted by Crippen LogP contribution is -2.32. The predicted octanol–water partition coefficient (Wildman–Crippen LogP) is 7.73. The van der Waals surface area contributed by atoms with Gasteiger partial charge in [0.25, 0.3) is 0 Å². The van der Waals surface area contributed by atoms with Crippen molar-refractivity contribution in [1.82, 2.24) is 9.38 Å². The standard InChI is InChI=1S/C26H23F5N4O2S2/c27-39(28,29,30,31)25-12-6-21(7-13-25)34-20-4-10-24(11-5-20)38(36,37)23-8-1-18(2-9-23)19-3-14-26-33-16-22(15-32)35(26)17-19/h1-3,6-9,12-14,16-17,20,24,34H,4-5,10-11H2. The number of nitriles is 1. The molecule has 1 aliphatic rings. The minimum Gasteiger partial charge on any atom is -0.382 e. The summed E-state index contributed by atoms with van der Waals surface area (Å²) in [5, 5.41) is 11.6. The van der Waals surface area contributed by atoms with E-state index in [0.29, 0.717) is 49.2 Å². The lowest BCUT2D eigenvalue weighted by atomic mass is 9.95. The van der Waals surface area contributed by atoms with Crippen LogP contribution >= 0.6 is 10.2 Å². The van der Waals surface area contributed by atoms with Crippen LogP contribution in [0.3, 0.4) is 0 Å². The fourth-order valence-corrected chi connectivity index (χ4v) is 7.27. The van der Waals surface area contributed by atoms with Crippen LogP contribution in [-0.2, 0) is 9.84 Å². The molecule has 0 bridgehead atoms. The van der Waals surface area contributed by atoms with Crippen LogP contribution in [0.1, 0.15) is 31.4 Å². The Hall–Kier alpha value is -3.63. The van der Waals surface area contributed by atoms with Crippen LogP contribution in [0.25, 0.3) is 16.8 Å². The molecule has 0 radical (unpaired) electrons. The van der Waals surface area contributed by atoms with E-state index in [4.69, 9.17) is 0 Å². The molecule has 4 aromatic rings. The minimum absolute atomic E-state index is 0.190. The van der Waals surface area contributed by atoms with Crippen molar-refractivity contribution in [2.75, 3.05) is 5.32 Å². The second-order valence-corrected chi connectivity index (χ2v) is 14.2. The van der Waals surface area contributed by atoms with Gasteiger partial charge in [-0.2, -0.15) is 5.26 Å². The highest BCUT2D eigenvalue weighted by atomic mass is 32.5. The maximum atomic E-state index is 13.3. The van der Waals surface area contributed by atoms with Gasteiger partial charge in [-0.15, -0.1) is 0 Å². The SMILES string of the molecule is N#Cc1cnc2ccc(-c3ccc(S(=O)(=O)C4CCC(Nc5ccc(S(F)(F)(F)(F)F)cc5)CC4)cc3)cn12. The summed E-state index contributed by atoms with van der Waals surface area (Å²) in [6, 6.07) is 14.7. The van der Waals surface area contributed by atoms with E-state index in [1.54, 1.807) is 40.9 Å². The molecule has 1 saturated carbocycles. The van der Waals surface area contributed by atoms with Crippen molar-refractivity contribution in [3.8, 4) is 17.2 Å². The number of halogens is 5. The number of sulfone groups is 1. The molecule has 0 atom stereocenters. The Balaban J connectivity index is 1.23. The van der Waals surface area contributed by atoms with Gasteiger partial charge >= 0.3 is 10.2 Å². The summed E-state index contributed by atoms with van der Waals surface area (Å²) >= 11 is 0. The minimum atomic E-state index is -9.73. The number of benzene rings is 2. The molecule has 1 fully saturated rings. The van der Waals surface area contributed by atoms with Gasteiger partial charge in [-0.25, -0.2) is 13.4 Å². The highest BCUT2D eigenvalue weighted by molar-refractivity contribution is 8.45. The number of pyridine rings is 1. The summed E-state index contributed by atoms with van der Waals surface area (Å²) in [7, 11) is -13.3. The van der Waals surface area contributed by atoms with Crippen molar-refractivity contribution in [1.29, 1.82) is 5.26 Å². The Morgan fingerprint density at radius 1 is 0.872 bits per heavy atom. The van der Waals surface area contributed by atoms with Crippen LogP contribution in [0.2, 0.25) is 0 Å². The number of rotatable bonds is 6. The van der Waals surface area contributed by atoms with E-state index in [1.165, 1.54) is 6.20 Å². The third-order valence-corrected chi connectivity index (χ3v) is 10.4. The molecule has 13 heteroatoms. The van der Waals surface area contributed by atoms with E-state index in [9.17, 15) is 33.1 Å². The van der Waals surface area contributed by atoms with E-state index in [0.717, 1.165) is 23.3 Å². The topological polar surface area (TPSA) is 87.3 Å². The third kappa shape index (κ3) is 5.58. The van der Waals surface area contributed by atoms with Crippen LogP contribution in [-0.4, -0.2) is 29.1 Å². The molecular formula is C26H23F5N4O2S2. The Morgan fingerprint density at radius 3 is 2.08 bits per heavy atom. The van der Waals surface area contributed by atoms with Gasteiger partial charge in [-0.3, -0.25) is 4.40 Å². The molecule has 2 heterocycles. The van der Waals surface area contributed by atoms with Gasteiger partial charge in [0.15, 0.2) is 9.84 Å². The van der Waals surface area contributed by atoms with E-state index in [-0.39, 0.29) is 16.6 Å². The average Bonchev–Trinajstić information content (AvgIpc) is 3.30. The van der Waals surface area contributed by atoms with Crippen molar-refractivity contribution in [2.45, 2.75) is 46.8 Å². The Labute approximate surface area is 221 Å². The first-order valence-corrected chi connectivity index (χ1v) is 15.5. The fourth-order valence-electron chi connectivity index (χ4n) is 4.83. The van der Waals surface area contributed by atoms with Crippen molar-refractivity contribution < 1.29 is 27.8 Å². The summed E-state index contributed by atoms with van der Waals surface area (Å²) in [6.07, 6.45) is 4.85. The normalized spacial score (nSPS) is 20.1. The summed E-state index contributed by atoms with van der Waals surface area (Å²) in [5.74, 6) is 0. The van der Waals surface area contributed by atoms with Crippen LogP contribution in [0, 0.1) is 11.3 Å². The number of fused-ring (bicyclic) bond motifs is 1. The van der Waals surface area contributed by atoms with Crippen molar-refractivity contribution >= 4 is 31.4 Å². The zero-order chi connectivity index (χ0) is 28.1. The zero-order valence-electron chi connectivity index (χ0n) is 20.3. The molecule has 206 valence electrons. The number of anilines is 1.